The second kappa shape index (κ2) is 6.13. The third-order valence-electron chi connectivity index (χ3n) is 2.37. The van der Waals surface area contributed by atoms with Crippen molar-refractivity contribution in [2.45, 2.75) is 40.0 Å². The quantitative estimate of drug-likeness (QED) is 0.710. The van der Waals surface area contributed by atoms with Crippen molar-refractivity contribution in [3.8, 4) is 0 Å². The summed E-state index contributed by atoms with van der Waals surface area (Å²) in [5.74, 6) is 0. The molecule has 1 aromatic carbocycles. The van der Waals surface area contributed by atoms with Gasteiger partial charge in [-0.2, -0.15) is 0 Å². The van der Waals surface area contributed by atoms with Gasteiger partial charge in [0.25, 0.3) is 0 Å². The van der Waals surface area contributed by atoms with E-state index in [9.17, 15) is 0 Å². The predicted molar refractivity (Wildman–Crippen MR) is 67.7 cm³/mol. The number of hydrogen-bond acceptors (Lipinski definition) is 2. The maximum absolute atomic E-state index is 8.78. The van der Waals surface area contributed by atoms with E-state index in [1.807, 2.05) is 0 Å². The highest BCUT2D eigenvalue weighted by atomic mass is 32.2. The zero-order valence-corrected chi connectivity index (χ0v) is 11.4. The fourth-order valence-corrected chi connectivity index (χ4v) is 1.21. The van der Waals surface area contributed by atoms with Crippen LogP contribution in [-0.2, 0) is 16.7 Å². The van der Waals surface area contributed by atoms with Crippen molar-refractivity contribution in [3.05, 3.63) is 34.9 Å². The molecule has 0 aliphatic carbocycles. The van der Waals surface area contributed by atoms with Gasteiger partial charge in [0.1, 0.15) is 0 Å². The minimum Gasteiger partial charge on any atom is -0.760 e. The van der Waals surface area contributed by atoms with Crippen LogP contribution in [0, 0.1) is 13.8 Å². The van der Waals surface area contributed by atoms with E-state index in [1.54, 1.807) is 0 Å². The third kappa shape index (κ3) is 6.00. The molecule has 0 heterocycles. The van der Waals surface area contributed by atoms with E-state index < -0.39 is 11.3 Å². The van der Waals surface area contributed by atoms with Gasteiger partial charge in [0.15, 0.2) is 0 Å². The molecule has 0 aliphatic heterocycles. The molecule has 1 aromatic rings. The Balaban J connectivity index is 0.000000487. The summed E-state index contributed by atoms with van der Waals surface area (Å²) < 4.78 is 17.6. The second-order valence-corrected chi connectivity index (χ2v) is 5.33. The fourth-order valence-electron chi connectivity index (χ4n) is 1.21. The molecule has 0 amide bonds. The molecule has 0 radical (unpaired) electrons. The van der Waals surface area contributed by atoms with E-state index in [1.165, 1.54) is 16.7 Å². The zero-order chi connectivity index (χ0) is 12.9. The van der Waals surface area contributed by atoms with Crippen LogP contribution >= 0.6 is 0 Å². The molecule has 1 unspecified atom stereocenters. The Labute approximate surface area is 100 Å². The van der Waals surface area contributed by atoms with Gasteiger partial charge in [-0.1, -0.05) is 39.0 Å². The number of rotatable bonds is 0. The van der Waals surface area contributed by atoms with Crippen LogP contribution in [0.3, 0.4) is 0 Å². The predicted octanol–water partition coefficient (Wildman–Crippen LogP) is 2.34. The second-order valence-electron chi connectivity index (χ2n) is 4.81. The van der Waals surface area contributed by atoms with Crippen LogP contribution in [0.25, 0.3) is 0 Å². The lowest BCUT2D eigenvalue weighted by Gasteiger charge is -2.19. The molecule has 16 heavy (non-hydrogen) atoms. The first-order chi connectivity index (χ1) is 7.14. The van der Waals surface area contributed by atoms with Gasteiger partial charge in [-0.3, -0.25) is 9.35 Å². The summed E-state index contributed by atoms with van der Waals surface area (Å²) >= 11 is -2.36. The zero-order valence-electron chi connectivity index (χ0n) is 10.5. The van der Waals surface area contributed by atoms with E-state index in [0.29, 0.717) is 0 Å². The Hall–Kier alpha value is -0.710. The normalized spacial score (nSPS) is 12.7. The van der Waals surface area contributed by atoms with Crippen LogP contribution in [0.15, 0.2) is 18.2 Å². The van der Waals surface area contributed by atoms with Crippen LogP contribution in [0.1, 0.15) is 37.5 Å². The Morgan fingerprint density at radius 1 is 1.19 bits per heavy atom. The molecule has 92 valence electrons. The fraction of sp³-hybridized carbons (Fsp3) is 0.500. The molecule has 0 fully saturated rings. The summed E-state index contributed by atoms with van der Waals surface area (Å²) in [6.07, 6.45) is 0. The molecule has 1 atom stereocenters. The number of benzene rings is 1. The Kier molecular flexibility index (Phi) is 5.86. The first-order valence-corrected chi connectivity index (χ1v) is 6.20. The van der Waals surface area contributed by atoms with Crippen LogP contribution in [0.5, 0.6) is 0 Å². The molecule has 0 aliphatic rings. The molecular formula is C12H20NO2S-. The smallest absolute Gasteiger partial charge is 0.0152 e. The monoisotopic (exact) mass is 242 g/mol. The first-order valence-electron chi connectivity index (χ1n) is 5.06. The number of nitrogens with two attached hydrogens (primary N) is 1. The van der Waals surface area contributed by atoms with Crippen molar-refractivity contribution < 1.29 is 8.76 Å². The molecule has 3 nitrogen and oxygen atoms in total. The molecule has 0 spiro atoms. The average Bonchev–Trinajstić information content (AvgIpc) is 2.06. The van der Waals surface area contributed by atoms with Crippen LogP contribution in [-0.4, -0.2) is 8.76 Å². The largest absolute Gasteiger partial charge is 0.760 e. The van der Waals surface area contributed by atoms with E-state index in [-0.39, 0.29) is 5.41 Å². The summed E-state index contributed by atoms with van der Waals surface area (Å²) in [5, 5.41) is 4.03. The highest BCUT2D eigenvalue weighted by molar-refractivity contribution is 7.76. The van der Waals surface area contributed by atoms with Crippen molar-refractivity contribution >= 4 is 11.3 Å². The Bertz CT molecular complexity index is 366. The minimum absolute atomic E-state index is 0.276. The first kappa shape index (κ1) is 15.3. The Morgan fingerprint density at radius 2 is 1.62 bits per heavy atom. The van der Waals surface area contributed by atoms with Gasteiger partial charge in [0.05, 0.1) is 0 Å². The highest BCUT2D eigenvalue weighted by Gasteiger charge is 2.13. The van der Waals surface area contributed by atoms with Crippen molar-refractivity contribution in [2.75, 3.05) is 0 Å². The lowest BCUT2D eigenvalue weighted by atomic mass is 9.85. The van der Waals surface area contributed by atoms with Crippen molar-refractivity contribution in [3.63, 3.8) is 0 Å². The third-order valence-corrected chi connectivity index (χ3v) is 2.37. The van der Waals surface area contributed by atoms with Crippen molar-refractivity contribution in [1.82, 2.24) is 0 Å². The molecular weight excluding hydrogens is 222 g/mol. The SMILES string of the molecule is Cc1ccc(C(C)(C)C)cc1C.NS(=O)[O-]. The average molecular weight is 242 g/mol. The van der Waals surface area contributed by atoms with Gasteiger partial charge in [-0.15, -0.1) is 0 Å². The highest BCUT2D eigenvalue weighted by Crippen LogP contribution is 2.23. The van der Waals surface area contributed by atoms with Gasteiger partial charge in [-0.05, 0) is 36.0 Å². The maximum atomic E-state index is 8.78. The van der Waals surface area contributed by atoms with Crippen LogP contribution in [0.2, 0.25) is 0 Å². The van der Waals surface area contributed by atoms with Gasteiger partial charge in [-0.25, -0.2) is 0 Å². The van der Waals surface area contributed by atoms with Gasteiger partial charge >= 0.3 is 0 Å². The molecule has 0 saturated heterocycles. The molecule has 4 heteroatoms. The summed E-state index contributed by atoms with van der Waals surface area (Å²) in [6, 6.07) is 6.72. The molecule has 2 N–H and O–H groups in total. The Morgan fingerprint density at radius 3 is 1.94 bits per heavy atom. The van der Waals surface area contributed by atoms with Crippen LogP contribution in [0.4, 0.5) is 0 Å². The van der Waals surface area contributed by atoms with Crippen LogP contribution < -0.4 is 5.14 Å². The topological polar surface area (TPSA) is 66.2 Å². The van der Waals surface area contributed by atoms with Gasteiger partial charge in [0, 0.05) is 11.3 Å². The van der Waals surface area contributed by atoms with Gasteiger partial charge < -0.3 is 4.55 Å². The van der Waals surface area contributed by atoms with E-state index in [0.717, 1.165) is 0 Å². The lowest BCUT2D eigenvalue weighted by Crippen LogP contribution is -2.11. The summed E-state index contributed by atoms with van der Waals surface area (Å²) in [4.78, 5) is 0. The molecule has 1 rings (SSSR count). The molecule has 0 bridgehead atoms. The van der Waals surface area contributed by atoms with Crippen molar-refractivity contribution in [2.24, 2.45) is 5.14 Å². The molecule has 0 aromatic heterocycles. The standard InChI is InChI=1S/C12H18.H3NO2S/c1-9-6-7-11(8-10(9)2)12(3,4)5;1-4(2)3/h6-8H,1-5H3;1H2,(H,2,3)/p-1. The number of aryl methyl sites for hydroxylation is 2. The summed E-state index contributed by atoms with van der Waals surface area (Å²) in [5.41, 5.74) is 4.47. The summed E-state index contributed by atoms with van der Waals surface area (Å²) in [7, 11) is 0. The minimum atomic E-state index is -2.36. The van der Waals surface area contributed by atoms with E-state index in [2.05, 4.69) is 58.0 Å². The van der Waals surface area contributed by atoms with Gasteiger partial charge in [0.2, 0.25) is 0 Å². The van der Waals surface area contributed by atoms with E-state index in [4.69, 9.17) is 8.76 Å². The van der Waals surface area contributed by atoms with Crippen molar-refractivity contribution in [1.29, 1.82) is 0 Å². The maximum Gasteiger partial charge on any atom is 0.0152 e. The lowest BCUT2D eigenvalue weighted by molar-refractivity contribution is 0.539. The summed E-state index contributed by atoms with van der Waals surface area (Å²) in [6.45, 7) is 11.1. The van der Waals surface area contributed by atoms with E-state index >= 15 is 0 Å². The molecule has 0 saturated carbocycles. The number of hydrogen-bond donors (Lipinski definition) is 1.